The molecule has 1 unspecified atom stereocenters. The number of hydrogen-bond donors (Lipinski definition) is 1. The zero-order valence-electron chi connectivity index (χ0n) is 11.9. The molecule has 0 bridgehead atoms. The number of nitrogens with one attached hydrogen (secondary N) is 1. The van der Waals surface area contributed by atoms with Crippen molar-refractivity contribution >= 4 is 0 Å². The van der Waals surface area contributed by atoms with Gasteiger partial charge in [0, 0.05) is 19.6 Å². The van der Waals surface area contributed by atoms with Crippen LogP contribution in [0, 0.1) is 0 Å². The molecule has 102 valence electrons. The SMILES string of the molecule is CCN(CC)CCNCC(C)Oc1ccccc1. The number of ether oxygens (including phenoxy) is 1. The van der Waals surface area contributed by atoms with E-state index in [1.807, 2.05) is 30.3 Å². The van der Waals surface area contributed by atoms with E-state index in [0.29, 0.717) is 0 Å². The molecule has 0 saturated carbocycles. The van der Waals surface area contributed by atoms with E-state index in [9.17, 15) is 0 Å². The van der Waals surface area contributed by atoms with E-state index in [-0.39, 0.29) is 6.10 Å². The fraction of sp³-hybridized carbons (Fsp3) is 0.600. The number of benzene rings is 1. The third-order valence-electron chi connectivity index (χ3n) is 3.01. The minimum atomic E-state index is 0.198. The number of para-hydroxylation sites is 1. The normalized spacial score (nSPS) is 12.7. The first-order chi connectivity index (χ1) is 8.76. The minimum absolute atomic E-state index is 0.198. The summed E-state index contributed by atoms with van der Waals surface area (Å²) >= 11 is 0. The van der Waals surface area contributed by atoms with Gasteiger partial charge in [-0.3, -0.25) is 0 Å². The van der Waals surface area contributed by atoms with E-state index < -0.39 is 0 Å². The fourth-order valence-electron chi connectivity index (χ4n) is 1.86. The van der Waals surface area contributed by atoms with E-state index in [1.165, 1.54) is 0 Å². The van der Waals surface area contributed by atoms with Crippen LogP contribution in [-0.4, -0.2) is 43.7 Å². The van der Waals surface area contributed by atoms with Crippen LogP contribution in [0.25, 0.3) is 0 Å². The molecule has 0 amide bonds. The second-order valence-electron chi connectivity index (χ2n) is 4.47. The molecular weight excluding hydrogens is 224 g/mol. The summed E-state index contributed by atoms with van der Waals surface area (Å²) in [6, 6.07) is 9.98. The molecule has 0 aliphatic rings. The van der Waals surface area contributed by atoms with Gasteiger partial charge in [-0.15, -0.1) is 0 Å². The van der Waals surface area contributed by atoms with Crippen molar-refractivity contribution in [1.82, 2.24) is 10.2 Å². The average Bonchev–Trinajstić information content (AvgIpc) is 2.40. The third-order valence-corrected chi connectivity index (χ3v) is 3.01. The zero-order chi connectivity index (χ0) is 13.2. The Labute approximate surface area is 111 Å². The summed E-state index contributed by atoms with van der Waals surface area (Å²) < 4.78 is 5.80. The molecule has 1 rings (SSSR count). The summed E-state index contributed by atoms with van der Waals surface area (Å²) in [6.45, 7) is 11.7. The van der Waals surface area contributed by atoms with Crippen LogP contribution in [0.3, 0.4) is 0 Å². The molecule has 0 aromatic heterocycles. The van der Waals surface area contributed by atoms with Crippen LogP contribution in [0.2, 0.25) is 0 Å². The predicted octanol–water partition coefficient (Wildman–Crippen LogP) is 2.39. The largest absolute Gasteiger partial charge is 0.489 e. The van der Waals surface area contributed by atoms with Crippen molar-refractivity contribution in [2.75, 3.05) is 32.7 Å². The van der Waals surface area contributed by atoms with Crippen LogP contribution in [0.15, 0.2) is 30.3 Å². The maximum absolute atomic E-state index is 5.80. The van der Waals surface area contributed by atoms with E-state index in [0.717, 1.165) is 38.5 Å². The molecule has 0 radical (unpaired) electrons. The number of likely N-dealkylation sites (N-methyl/N-ethyl adjacent to an activating group) is 1. The van der Waals surface area contributed by atoms with Gasteiger partial charge in [-0.05, 0) is 32.1 Å². The second-order valence-corrected chi connectivity index (χ2v) is 4.47. The first kappa shape index (κ1) is 15.0. The highest BCUT2D eigenvalue weighted by atomic mass is 16.5. The Bertz CT molecular complexity index is 299. The van der Waals surface area contributed by atoms with Gasteiger partial charge in [0.1, 0.15) is 11.9 Å². The number of rotatable bonds is 9. The molecule has 1 atom stereocenters. The Morgan fingerprint density at radius 1 is 1.17 bits per heavy atom. The Balaban J connectivity index is 2.12. The van der Waals surface area contributed by atoms with Gasteiger partial charge in [0.05, 0.1) is 0 Å². The molecule has 0 aliphatic carbocycles. The first-order valence-electron chi connectivity index (χ1n) is 6.91. The van der Waals surface area contributed by atoms with Crippen molar-refractivity contribution in [3.8, 4) is 5.75 Å². The Morgan fingerprint density at radius 3 is 2.44 bits per heavy atom. The standard InChI is InChI=1S/C15H26N2O/c1-4-17(5-2)12-11-16-13-14(3)18-15-9-7-6-8-10-15/h6-10,14,16H,4-5,11-13H2,1-3H3. The van der Waals surface area contributed by atoms with Gasteiger partial charge in [-0.25, -0.2) is 0 Å². The molecular formula is C15H26N2O. The van der Waals surface area contributed by atoms with E-state index in [4.69, 9.17) is 4.74 Å². The minimum Gasteiger partial charge on any atom is -0.489 e. The van der Waals surface area contributed by atoms with Crippen molar-refractivity contribution in [3.05, 3.63) is 30.3 Å². The van der Waals surface area contributed by atoms with Crippen LogP contribution in [0.5, 0.6) is 5.75 Å². The van der Waals surface area contributed by atoms with Crippen molar-refractivity contribution < 1.29 is 4.74 Å². The molecule has 1 N–H and O–H groups in total. The van der Waals surface area contributed by atoms with Crippen LogP contribution in [0.4, 0.5) is 0 Å². The predicted molar refractivity (Wildman–Crippen MR) is 77.2 cm³/mol. The highest BCUT2D eigenvalue weighted by Gasteiger charge is 2.03. The lowest BCUT2D eigenvalue weighted by Crippen LogP contribution is -2.36. The molecule has 1 aromatic rings. The zero-order valence-corrected chi connectivity index (χ0v) is 11.9. The number of nitrogens with zero attached hydrogens (tertiary/aromatic N) is 1. The van der Waals surface area contributed by atoms with Crippen molar-refractivity contribution in [1.29, 1.82) is 0 Å². The van der Waals surface area contributed by atoms with E-state index in [2.05, 4.69) is 31.0 Å². The van der Waals surface area contributed by atoms with Gasteiger partial charge in [0.15, 0.2) is 0 Å². The molecule has 0 saturated heterocycles. The van der Waals surface area contributed by atoms with Crippen molar-refractivity contribution in [2.24, 2.45) is 0 Å². The molecule has 0 aliphatic heterocycles. The summed E-state index contributed by atoms with van der Waals surface area (Å²) in [5.41, 5.74) is 0. The first-order valence-corrected chi connectivity index (χ1v) is 6.91. The molecule has 0 spiro atoms. The van der Waals surface area contributed by atoms with Crippen LogP contribution in [-0.2, 0) is 0 Å². The molecule has 3 nitrogen and oxygen atoms in total. The van der Waals surface area contributed by atoms with E-state index >= 15 is 0 Å². The summed E-state index contributed by atoms with van der Waals surface area (Å²) in [4.78, 5) is 2.41. The second kappa shape index (κ2) is 8.95. The van der Waals surface area contributed by atoms with Gasteiger partial charge in [-0.1, -0.05) is 32.0 Å². The van der Waals surface area contributed by atoms with Crippen molar-refractivity contribution in [2.45, 2.75) is 26.9 Å². The smallest absolute Gasteiger partial charge is 0.119 e. The maximum Gasteiger partial charge on any atom is 0.119 e. The monoisotopic (exact) mass is 250 g/mol. The Hall–Kier alpha value is -1.06. The molecule has 0 fully saturated rings. The molecule has 3 heteroatoms. The van der Waals surface area contributed by atoms with Gasteiger partial charge >= 0.3 is 0 Å². The molecule has 0 heterocycles. The summed E-state index contributed by atoms with van der Waals surface area (Å²) in [5, 5.41) is 3.44. The lowest BCUT2D eigenvalue weighted by atomic mass is 10.3. The fourth-order valence-corrected chi connectivity index (χ4v) is 1.86. The van der Waals surface area contributed by atoms with Crippen LogP contribution >= 0.6 is 0 Å². The lowest BCUT2D eigenvalue weighted by molar-refractivity contribution is 0.213. The molecule has 1 aromatic carbocycles. The third kappa shape index (κ3) is 6.03. The van der Waals surface area contributed by atoms with E-state index in [1.54, 1.807) is 0 Å². The van der Waals surface area contributed by atoms with Gasteiger partial charge in [0.25, 0.3) is 0 Å². The van der Waals surface area contributed by atoms with Crippen LogP contribution in [0.1, 0.15) is 20.8 Å². The van der Waals surface area contributed by atoms with Crippen LogP contribution < -0.4 is 10.1 Å². The Kier molecular flexibility index (Phi) is 7.46. The Morgan fingerprint density at radius 2 is 1.83 bits per heavy atom. The van der Waals surface area contributed by atoms with Gasteiger partial charge < -0.3 is 15.0 Å². The van der Waals surface area contributed by atoms with Crippen molar-refractivity contribution in [3.63, 3.8) is 0 Å². The highest BCUT2D eigenvalue weighted by molar-refractivity contribution is 5.21. The average molecular weight is 250 g/mol. The summed E-state index contributed by atoms with van der Waals surface area (Å²) in [7, 11) is 0. The summed E-state index contributed by atoms with van der Waals surface area (Å²) in [5.74, 6) is 0.940. The highest BCUT2D eigenvalue weighted by Crippen LogP contribution is 2.10. The number of hydrogen-bond acceptors (Lipinski definition) is 3. The topological polar surface area (TPSA) is 24.5 Å². The van der Waals surface area contributed by atoms with Gasteiger partial charge in [-0.2, -0.15) is 0 Å². The molecule has 18 heavy (non-hydrogen) atoms. The van der Waals surface area contributed by atoms with Gasteiger partial charge in [0.2, 0.25) is 0 Å². The maximum atomic E-state index is 5.80. The lowest BCUT2D eigenvalue weighted by Gasteiger charge is -2.19. The summed E-state index contributed by atoms with van der Waals surface area (Å²) in [6.07, 6.45) is 0.198. The quantitative estimate of drug-likeness (QED) is 0.681.